The van der Waals surface area contributed by atoms with Crippen molar-refractivity contribution in [2.75, 3.05) is 5.32 Å². The van der Waals surface area contributed by atoms with E-state index in [1.165, 1.54) is 6.07 Å². The summed E-state index contributed by atoms with van der Waals surface area (Å²) >= 11 is 5.80. The van der Waals surface area contributed by atoms with Gasteiger partial charge in [-0.2, -0.15) is 0 Å². The fourth-order valence-electron chi connectivity index (χ4n) is 1.25. The Morgan fingerprint density at radius 1 is 1.21 bits per heavy atom. The second-order valence-corrected chi connectivity index (χ2v) is 3.97. The molecule has 19 heavy (non-hydrogen) atoms. The number of anilines is 1. The Morgan fingerprint density at radius 2 is 1.84 bits per heavy atom. The van der Waals surface area contributed by atoms with Gasteiger partial charge in [-0.15, -0.1) is 0 Å². The third-order valence-corrected chi connectivity index (χ3v) is 2.43. The van der Waals surface area contributed by atoms with Crippen LogP contribution in [0.5, 0.6) is 0 Å². The Hall–Kier alpha value is -2.28. The lowest BCUT2D eigenvalue weighted by Crippen LogP contribution is -2.44. The second kappa shape index (κ2) is 6.60. The van der Waals surface area contributed by atoms with Crippen molar-refractivity contribution < 1.29 is 24.6 Å². The minimum Gasteiger partial charge on any atom is -0.481 e. The molecule has 0 saturated carbocycles. The Labute approximate surface area is 113 Å². The van der Waals surface area contributed by atoms with Crippen LogP contribution >= 0.6 is 11.6 Å². The van der Waals surface area contributed by atoms with Gasteiger partial charge in [-0.3, -0.25) is 4.79 Å². The summed E-state index contributed by atoms with van der Waals surface area (Å²) in [6, 6.07) is 4.00. The van der Waals surface area contributed by atoms with Gasteiger partial charge in [-0.05, 0) is 12.1 Å². The number of aliphatic carboxylic acids is 2. The van der Waals surface area contributed by atoms with Crippen molar-refractivity contribution in [3.05, 3.63) is 29.3 Å². The number of benzene rings is 1. The molecule has 0 heterocycles. The summed E-state index contributed by atoms with van der Waals surface area (Å²) in [7, 11) is 0. The number of carboxylic acids is 2. The zero-order valence-corrected chi connectivity index (χ0v) is 10.3. The van der Waals surface area contributed by atoms with Crippen LogP contribution in [0.2, 0.25) is 5.02 Å². The standard InChI is InChI=1S/C11H11ClN2O5/c12-6-3-1-2-4-7(6)13-11(19)14-8(10(17)18)5-9(15)16/h1-4,8H,5H2,(H,15,16)(H,17,18)(H2,13,14,19)/t8-/m0/s1. The summed E-state index contributed by atoms with van der Waals surface area (Å²) in [4.78, 5) is 32.7. The zero-order chi connectivity index (χ0) is 14.4. The molecule has 0 fully saturated rings. The molecule has 1 atom stereocenters. The maximum atomic E-state index is 11.5. The Balaban J connectivity index is 2.65. The molecule has 0 bridgehead atoms. The Kier molecular flexibility index (Phi) is 5.13. The summed E-state index contributed by atoms with van der Waals surface area (Å²) in [5.41, 5.74) is 0.293. The van der Waals surface area contributed by atoms with E-state index in [4.69, 9.17) is 21.8 Å². The van der Waals surface area contributed by atoms with Gasteiger partial charge in [0, 0.05) is 0 Å². The van der Waals surface area contributed by atoms with Crippen LogP contribution in [-0.4, -0.2) is 34.2 Å². The number of carboxylic acid groups (broad SMARTS) is 2. The van der Waals surface area contributed by atoms with E-state index in [2.05, 4.69) is 5.32 Å². The third kappa shape index (κ3) is 4.84. The number of amides is 2. The molecular weight excluding hydrogens is 276 g/mol. The number of hydrogen-bond acceptors (Lipinski definition) is 3. The number of hydrogen-bond donors (Lipinski definition) is 4. The maximum Gasteiger partial charge on any atom is 0.326 e. The van der Waals surface area contributed by atoms with Gasteiger partial charge in [0.2, 0.25) is 0 Å². The second-order valence-electron chi connectivity index (χ2n) is 3.57. The first-order valence-electron chi connectivity index (χ1n) is 5.17. The minimum absolute atomic E-state index is 0.280. The van der Waals surface area contributed by atoms with E-state index >= 15 is 0 Å². The molecular formula is C11H11ClN2O5. The fourth-order valence-corrected chi connectivity index (χ4v) is 1.44. The van der Waals surface area contributed by atoms with E-state index in [1.807, 2.05) is 5.32 Å². The molecule has 0 aliphatic heterocycles. The molecule has 4 N–H and O–H groups in total. The van der Waals surface area contributed by atoms with E-state index < -0.39 is 30.4 Å². The van der Waals surface area contributed by atoms with Crippen LogP contribution < -0.4 is 10.6 Å². The van der Waals surface area contributed by atoms with Crippen molar-refractivity contribution in [1.29, 1.82) is 0 Å². The molecule has 1 rings (SSSR count). The van der Waals surface area contributed by atoms with Gasteiger partial charge in [0.05, 0.1) is 17.1 Å². The molecule has 1 aromatic rings. The largest absolute Gasteiger partial charge is 0.481 e. The van der Waals surface area contributed by atoms with Crippen molar-refractivity contribution in [3.63, 3.8) is 0 Å². The Morgan fingerprint density at radius 3 is 2.37 bits per heavy atom. The average Bonchev–Trinajstić information content (AvgIpc) is 2.30. The highest BCUT2D eigenvalue weighted by molar-refractivity contribution is 6.33. The van der Waals surface area contributed by atoms with Gasteiger partial charge in [0.25, 0.3) is 0 Å². The first-order valence-corrected chi connectivity index (χ1v) is 5.54. The van der Waals surface area contributed by atoms with E-state index in [0.29, 0.717) is 5.69 Å². The molecule has 0 unspecified atom stereocenters. The quantitative estimate of drug-likeness (QED) is 0.653. The third-order valence-electron chi connectivity index (χ3n) is 2.10. The average molecular weight is 287 g/mol. The number of carbonyl (C=O) groups excluding carboxylic acids is 1. The molecule has 0 aliphatic carbocycles. The molecule has 0 radical (unpaired) electrons. The summed E-state index contributed by atoms with van der Waals surface area (Å²) in [5, 5.41) is 21.9. The van der Waals surface area contributed by atoms with Crippen LogP contribution in [0.3, 0.4) is 0 Å². The molecule has 7 nitrogen and oxygen atoms in total. The highest BCUT2D eigenvalue weighted by Crippen LogP contribution is 2.20. The van der Waals surface area contributed by atoms with Crippen LogP contribution in [0.15, 0.2) is 24.3 Å². The van der Waals surface area contributed by atoms with E-state index in [0.717, 1.165) is 0 Å². The molecule has 1 aromatic carbocycles. The number of rotatable bonds is 5. The number of halogens is 1. The summed E-state index contributed by atoms with van der Waals surface area (Å²) < 4.78 is 0. The molecule has 0 saturated heterocycles. The molecule has 102 valence electrons. The van der Waals surface area contributed by atoms with Crippen molar-refractivity contribution in [2.45, 2.75) is 12.5 Å². The van der Waals surface area contributed by atoms with Crippen LogP contribution in [0.25, 0.3) is 0 Å². The number of para-hydroxylation sites is 1. The molecule has 2 amide bonds. The minimum atomic E-state index is -1.51. The molecule has 8 heteroatoms. The molecule has 0 aromatic heterocycles. The number of carbonyl (C=O) groups is 3. The van der Waals surface area contributed by atoms with Crippen LogP contribution in [0.4, 0.5) is 10.5 Å². The molecule has 0 spiro atoms. The van der Waals surface area contributed by atoms with E-state index in [9.17, 15) is 14.4 Å². The SMILES string of the molecule is O=C(O)C[C@H](NC(=O)Nc1ccccc1Cl)C(=O)O. The van der Waals surface area contributed by atoms with Gasteiger partial charge >= 0.3 is 18.0 Å². The van der Waals surface area contributed by atoms with Gasteiger partial charge in [0.1, 0.15) is 6.04 Å². The monoisotopic (exact) mass is 286 g/mol. The highest BCUT2D eigenvalue weighted by Gasteiger charge is 2.23. The van der Waals surface area contributed by atoms with Crippen LogP contribution in [0, 0.1) is 0 Å². The summed E-state index contributed by atoms with van der Waals surface area (Å²) in [5.74, 6) is -2.76. The lowest BCUT2D eigenvalue weighted by molar-refractivity contribution is -0.145. The predicted octanol–water partition coefficient (Wildman–Crippen LogP) is 1.39. The Bertz CT molecular complexity index is 506. The normalized spacial score (nSPS) is 11.4. The van der Waals surface area contributed by atoms with Crippen LogP contribution in [-0.2, 0) is 9.59 Å². The van der Waals surface area contributed by atoms with Crippen LogP contribution in [0.1, 0.15) is 6.42 Å². The van der Waals surface area contributed by atoms with Crippen molar-refractivity contribution in [2.24, 2.45) is 0 Å². The fraction of sp³-hybridized carbons (Fsp3) is 0.182. The smallest absolute Gasteiger partial charge is 0.326 e. The van der Waals surface area contributed by atoms with Gasteiger partial charge in [-0.1, -0.05) is 23.7 Å². The maximum absolute atomic E-state index is 11.5. The predicted molar refractivity (Wildman–Crippen MR) is 67.3 cm³/mol. The lowest BCUT2D eigenvalue weighted by Gasteiger charge is -2.13. The van der Waals surface area contributed by atoms with Gasteiger partial charge in [-0.25, -0.2) is 9.59 Å². The number of nitrogens with one attached hydrogen (secondary N) is 2. The zero-order valence-electron chi connectivity index (χ0n) is 9.59. The lowest BCUT2D eigenvalue weighted by atomic mass is 10.2. The van der Waals surface area contributed by atoms with Crippen molar-refractivity contribution >= 4 is 35.3 Å². The van der Waals surface area contributed by atoms with Gasteiger partial charge < -0.3 is 20.8 Å². The van der Waals surface area contributed by atoms with Gasteiger partial charge in [0.15, 0.2) is 0 Å². The molecule has 0 aliphatic rings. The van der Waals surface area contributed by atoms with E-state index in [-0.39, 0.29) is 5.02 Å². The number of urea groups is 1. The first-order chi connectivity index (χ1) is 8.90. The summed E-state index contributed by atoms with van der Waals surface area (Å²) in [6.07, 6.45) is -0.717. The van der Waals surface area contributed by atoms with E-state index in [1.54, 1.807) is 18.2 Å². The highest BCUT2D eigenvalue weighted by atomic mass is 35.5. The van der Waals surface area contributed by atoms with Crippen molar-refractivity contribution in [1.82, 2.24) is 5.32 Å². The first kappa shape index (κ1) is 14.8. The van der Waals surface area contributed by atoms with Crippen molar-refractivity contribution in [3.8, 4) is 0 Å². The summed E-state index contributed by atoms with van der Waals surface area (Å²) in [6.45, 7) is 0. The topological polar surface area (TPSA) is 116 Å².